The minimum absolute atomic E-state index is 0.0387. The van der Waals surface area contributed by atoms with Gasteiger partial charge in [-0.25, -0.2) is 0 Å². The summed E-state index contributed by atoms with van der Waals surface area (Å²) in [6.07, 6.45) is 0.250. The average molecular weight is 1120 g/mol. The Bertz CT molecular complexity index is 2110. The van der Waals surface area contributed by atoms with Gasteiger partial charge in [-0.05, 0) is 215 Å². The van der Waals surface area contributed by atoms with Crippen LogP contribution >= 0.6 is 0 Å². The third-order valence-corrected chi connectivity index (χ3v) is 19.0. The maximum atomic E-state index is 13.2. The van der Waals surface area contributed by atoms with Gasteiger partial charge in [0.1, 0.15) is 39.4 Å². The van der Waals surface area contributed by atoms with Crippen molar-refractivity contribution in [2.75, 3.05) is 14.2 Å². The van der Waals surface area contributed by atoms with E-state index in [-0.39, 0.29) is 34.3 Å². The Morgan fingerprint density at radius 2 is 0.551 bits per heavy atom. The zero-order chi connectivity index (χ0) is 64.1. The molecule has 0 unspecified atom stereocenters. The van der Waals surface area contributed by atoms with Crippen molar-refractivity contribution >= 4 is 47.8 Å². The highest BCUT2D eigenvalue weighted by Crippen LogP contribution is 2.49. The summed E-state index contributed by atoms with van der Waals surface area (Å²) in [7, 11) is 3.13. The summed E-state index contributed by atoms with van der Waals surface area (Å²) in [4.78, 5) is 101. The molecule has 18 nitrogen and oxygen atoms in total. The summed E-state index contributed by atoms with van der Waals surface area (Å²) in [6.45, 7) is 61.3. The topological polar surface area (TPSA) is 243 Å². The van der Waals surface area contributed by atoms with Crippen LogP contribution in [0.3, 0.4) is 0 Å². The largest absolute Gasteiger partial charge is 0.456 e. The van der Waals surface area contributed by atoms with Crippen molar-refractivity contribution in [3.63, 3.8) is 0 Å². The number of carbonyl (C=O) groups is 7. The lowest BCUT2D eigenvalue weighted by Gasteiger charge is -2.46. The van der Waals surface area contributed by atoms with Crippen LogP contribution in [0, 0.1) is 32.5 Å². The van der Waals surface area contributed by atoms with Crippen molar-refractivity contribution in [2.24, 2.45) is 32.5 Å². The fourth-order valence-electron chi connectivity index (χ4n) is 5.70. The van der Waals surface area contributed by atoms with Crippen molar-refractivity contribution in [1.29, 1.82) is 0 Å². The maximum absolute atomic E-state index is 13.2. The molecule has 3 aliphatic rings. The number of epoxide rings is 2. The quantitative estimate of drug-likeness (QED) is 0.0640. The van der Waals surface area contributed by atoms with Crippen LogP contribution in [-0.2, 0) is 85.8 Å². The fourth-order valence-corrected chi connectivity index (χ4v) is 5.70. The molecule has 0 saturated carbocycles. The molecule has 3 fully saturated rings. The van der Waals surface area contributed by atoms with Gasteiger partial charge in [0, 0.05) is 26.6 Å². The molecule has 0 aromatic carbocycles. The Hall–Kier alpha value is -4.09. The lowest BCUT2D eigenvalue weighted by molar-refractivity contribution is -0.216. The molecular weight excluding hydrogens is 1010 g/mol. The number of hydrogen-bond acceptors (Lipinski definition) is 18. The first-order valence-electron chi connectivity index (χ1n) is 26.4. The van der Waals surface area contributed by atoms with Crippen LogP contribution < -0.4 is 0 Å². The van der Waals surface area contributed by atoms with Crippen LogP contribution in [0.5, 0.6) is 0 Å². The SMILES string of the molecule is CC1(C)C(=O)OC(=O)C1(C)C.CC1(C)OC1(C)C.CC1(C)OC1(C)C.COC(C)(C)C(C)(C)OC(=O)C(C)(C)C(C)(C)C(=O)OC(C)(C)C(C)(C)OC(C)=O.COC(C)(C)C(C)(C)OC(=O)C(C)(C)C(C)(C)C(C)=O.O=C=O. The molecule has 78 heavy (non-hydrogen) atoms. The molecule has 3 rings (SSSR count). The number of ether oxygens (including phenoxy) is 9. The van der Waals surface area contributed by atoms with E-state index in [9.17, 15) is 33.6 Å². The molecule has 0 bridgehead atoms. The highest BCUT2D eigenvalue weighted by atomic mass is 16.6. The zero-order valence-corrected chi connectivity index (χ0v) is 55.3. The predicted molar refractivity (Wildman–Crippen MR) is 296 cm³/mol. The molecule has 0 aromatic heterocycles. The van der Waals surface area contributed by atoms with Crippen molar-refractivity contribution in [3.8, 4) is 0 Å². The molecule has 0 spiro atoms. The number of hydrogen-bond donors (Lipinski definition) is 0. The molecule has 0 aliphatic carbocycles. The van der Waals surface area contributed by atoms with E-state index in [4.69, 9.17) is 47.5 Å². The highest BCUT2D eigenvalue weighted by Gasteiger charge is 2.59. The molecule has 0 amide bonds. The summed E-state index contributed by atoms with van der Waals surface area (Å²) in [5.41, 5.74) is -10.3. The molecule has 0 N–H and O–H groups in total. The number of cyclic esters (lactones) is 2. The van der Waals surface area contributed by atoms with Gasteiger partial charge in [-0.3, -0.25) is 33.6 Å². The fraction of sp³-hybridized carbons (Fsp3) is 0.867. The molecule has 0 aromatic rings. The number of esters is 6. The molecule has 0 radical (unpaired) electrons. The summed E-state index contributed by atoms with van der Waals surface area (Å²) in [5.74, 6) is -2.90. The van der Waals surface area contributed by atoms with Crippen molar-refractivity contribution in [3.05, 3.63) is 0 Å². The van der Waals surface area contributed by atoms with E-state index >= 15 is 0 Å². The van der Waals surface area contributed by atoms with Gasteiger partial charge in [0.2, 0.25) is 0 Å². The second-order valence-electron chi connectivity index (χ2n) is 28.5. The Balaban J connectivity index is -0.000000990. The molecule has 0 atom stereocenters. The van der Waals surface area contributed by atoms with Crippen LogP contribution in [0.1, 0.15) is 235 Å². The van der Waals surface area contributed by atoms with Crippen LogP contribution in [-0.4, -0.2) is 118 Å². The smallest absolute Gasteiger partial charge is 0.373 e. The number of carbonyl (C=O) groups excluding carboxylic acids is 9. The van der Waals surface area contributed by atoms with Crippen LogP contribution in [0.2, 0.25) is 0 Å². The van der Waals surface area contributed by atoms with E-state index in [2.05, 4.69) is 60.1 Å². The van der Waals surface area contributed by atoms with Gasteiger partial charge in [-0.2, -0.15) is 9.59 Å². The van der Waals surface area contributed by atoms with Crippen LogP contribution in [0.15, 0.2) is 0 Å². The van der Waals surface area contributed by atoms with E-state index < -0.39 is 102 Å². The first-order chi connectivity index (χ1) is 33.7. The zero-order valence-electron chi connectivity index (χ0n) is 55.3. The van der Waals surface area contributed by atoms with E-state index in [1.54, 1.807) is 139 Å². The second-order valence-corrected chi connectivity index (χ2v) is 28.5. The van der Waals surface area contributed by atoms with Gasteiger partial charge in [0.25, 0.3) is 0 Å². The summed E-state index contributed by atoms with van der Waals surface area (Å²) in [5, 5.41) is 0. The standard InChI is InChI=1S/C23H42O7.C16H30O4.C8H12O3.2C6H12O.CO2/c1-15(24)28-22(10,11)23(12,13)30-17(26)19(4,5)18(2,3)16(25)29-21(8,9)20(6,7)27-14;1-11(17)13(2,3)14(4,5)12(18)20-16(8,9)15(6,7)19-10;1-7(2)5(9)11-6(10)8(7,3)4;2*1-5(2)6(3,4)7-5;2-1-3/h1-14H3;1-10H3;1-4H3;2*1-4H3;. The first kappa shape index (κ1) is 78.1. The van der Waals surface area contributed by atoms with Crippen molar-refractivity contribution < 1.29 is 85.8 Å². The number of ketones is 1. The van der Waals surface area contributed by atoms with E-state index in [1.165, 1.54) is 13.8 Å². The van der Waals surface area contributed by atoms with Gasteiger partial charge < -0.3 is 42.6 Å². The molecule has 456 valence electrons. The van der Waals surface area contributed by atoms with Crippen molar-refractivity contribution in [2.45, 2.75) is 291 Å². The maximum Gasteiger partial charge on any atom is 0.373 e. The summed E-state index contributed by atoms with van der Waals surface area (Å²) >= 11 is 0. The van der Waals surface area contributed by atoms with Crippen LogP contribution in [0.25, 0.3) is 0 Å². The minimum Gasteiger partial charge on any atom is -0.456 e. The van der Waals surface area contributed by atoms with Gasteiger partial charge in [-0.1, -0.05) is 13.8 Å². The van der Waals surface area contributed by atoms with E-state index in [0.717, 1.165) is 0 Å². The van der Waals surface area contributed by atoms with Gasteiger partial charge >= 0.3 is 42.0 Å². The summed E-state index contributed by atoms with van der Waals surface area (Å²) in [6, 6.07) is 0. The third-order valence-electron chi connectivity index (χ3n) is 19.0. The number of methoxy groups -OCH3 is 2. The molecule has 3 heterocycles. The Kier molecular flexibility index (Phi) is 25.0. The Morgan fingerprint density at radius 3 is 0.692 bits per heavy atom. The molecule has 3 aliphatic heterocycles. The van der Waals surface area contributed by atoms with Crippen LogP contribution in [0.4, 0.5) is 0 Å². The number of rotatable bonds is 15. The van der Waals surface area contributed by atoms with Gasteiger partial charge in [0.05, 0.1) is 49.5 Å². The van der Waals surface area contributed by atoms with E-state index in [0.29, 0.717) is 0 Å². The minimum atomic E-state index is -1.24. The van der Waals surface area contributed by atoms with Crippen molar-refractivity contribution in [1.82, 2.24) is 0 Å². The highest BCUT2D eigenvalue weighted by molar-refractivity contribution is 6.00. The summed E-state index contributed by atoms with van der Waals surface area (Å²) < 4.78 is 48.6. The van der Waals surface area contributed by atoms with Gasteiger partial charge in [-0.15, -0.1) is 0 Å². The lowest BCUT2D eigenvalue weighted by Crippen LogP contribution is -2.57. The van der Waals surface area contributed by atoms with E-state index in [1.807, 2.05) is 41.5 Å². The molecule has 18 heteroatoms. The second kappa shape index (κ2) is 25.0. The molecular formula is C60H108O18. The monoisotopic (exact) mass is 1120 g/mol. The third kappa shape index (κ3) is 18.0. The van der Waals surface area contributed by atoms with Gasteiger partial charge in [0.15, 0.2) is 0 Å². The first-order valence-corrected chi connectivity index (χ1v) is 26.4. The Morgan fingerprint density at radius 1 is 0.372 bits per heavy atom. The normalized spacial score (nSPS) is 18.8. The number of Topliss-reactive ketones (excluding diaryl/α,β-unsaturated/α-hetero) is 1. The molecule has 3 saturated heterocycles. The average Bonchev–Trinajstić information content (AvgIpc) is 3.90. The Labute approximate surface area is 470 Å². The lowest BCUT2D eigenvalue weighted by atomic mass is 9.65. The predicted octanol–water partition coefficient (Wildman–Crippen LogP) is 11.5.